The predicted octanol–water partition coefficient (Wildman–Crippen LogP) is 1.30. The molecule has 6 heteroatoms. The Labute approximate surface area is 120 Å². The highest BCUT2D eigenvalue weighted by Gasteiger charge is 2.28. The van der Waals surface area contributed by atoms with Crippen molar-refractivity contribution in [2.24, 2.45) is 0 Å². The number of anilines is 1. The molecule has 0 spiro atoms. The van der Waals surface area contributed by atoms with E-state index in [1.807, 2.05) is 37.9 Å². The third kappa shape index (κ3) is 3.07. The second-order valence-electron chi connectivity index (χ2n) is 5.41. The molecule has 0 bridgehead atoms. The number of rotatable bonds is 3. The molecule has 2 rings (SSSR count). The normalized spacial score (nSPS) is 23.6. The molecule has 5 nitrogen and oxygen atoms in total. The molecular weight excluding hydrogens is 276 g/mol. The van der Waals surface area contributed by atoms with Crippen molar-refractivity contribution in [3.05, 3.63) is 23.8 Å². The molecule has 1 aliphatic rings. The van der Waals surface area contributed by atoms with Gasteiger partial charge < -0.3 is 15.3 Å². The van der Waals surface area contributed by atoms with Crippen LogP contribution in [-0.2, 0) is 9.84 Å². The summed E-state index contributed by atoms with van der Waals surface area (Å²) in [6.07, 6.45) is 0. The highest BCUT2D eigenvalue weighted by Crippen LogP contribution is 2.30. The van der Waals surface area contributed by atoms with Gasteiger partial charge in [-0.05, 0) is 27.0 Å². The smallest absolute Gasteiger partial charge is 0.154 e. The van der Waals surface area contributed by atoms with E-state index in [0.29, 0.717) is 6.54 Å². The second kappa shape index (κ2) is 5.61. The van der Waals surface area contributed by atoms with Gasteiger partial charge in [0.15, 0.2) is 9.84 Å². The quantitative estimate of drug-likeness (QED) is 0.880. The van der Waals surface area contributed by atoms with E-state index in [9.17, 15) is 13.5 Å². The Balaban J connectivity index is 2.24. The lowest BCUT2D eigenvalue weighted by Crippen LogP contribution is -2.47. The van der Waals surface area contributed by atoms with E-state index in [2.05, 4.69) is 5.32 Å². The Morgan fingerprint density at radius 1 is 1.45 bits per heavy atom. The van der Waals surface area contributed by atoms with Gasteiger partial charge in [-0.3, -0.25) is 0 Å². The fourth-order valence-electron chi connectivity index (χ4n) is 2.61. The van der Waals surface area contributed by atoms with Crippen molar-refractivity contribution in [2.75, 3.05) is 30.0 Å². The van der Waals surface area contributed by atoms with Crippen molar-refractivity contribution in [3.8, 4) is 5.75 Å². The lowest BCUT2D eigenvalue weighted by molar-refractivity contribution is 0.457. The first-order chi connectivity index (χ1) is 9.34. The van der Waals surface area contributed by atoms with Crippen LogP contribution in [0.2, 0.25) is 0 Å². The van der Waals surface area contributed by atoms with Gasteiger partial charge in [0, 0.05) is 35.9 Å². The van der Waals surface area contributed by atoms with Gasteiger partial charge in [0.1, 0.15) is 5.75 Å². The number of aromatic hydroxyl groups is 1. The number of phenolic OH excluding ortho intramolecular Hbond substituents is 1. The number of phenols is 1. The summed E-state index contributed by atoms with van der Waals surface area (Å²) in [4.78, 5) is 2.04. The Kier molecular flexibility index (Phi) is 4.25. The molecule has 112 valence electrons. The summed E-state index contributed by atoms with van der Waals surface area (Å²) >= 11 is 0. The van der Waals surface area contributed by atoms with Crippen LogP contribution in [0.25, 0.3) is 0 Å². The summed E-state index contributed by atoms with van der Waals surface area (Å²) in [6, 6.07) is 5.56. The first-order valence-electron chi connectivity index (χ1n) is 6.81. The lowest BCUT2D eigenvalue weighted by Gasteiger charge is -2.35. The molecule has 1 saturated heterocycles. The zero-order chi connectivity index (χ0) is 14.9. The number of sulfone groups is 1. The summed E-state index contributed by atoms with van der Waals surface area (Å²) in [5, 5.41) is 13.2. The summed E-state index contributed by atoms with van der Waals surface area (Å²) in [7, 11) is -1.08. The summed E-state index contributed by atoms with van der Waals surface area (Å²) in [6.45, 7) is 4.35. The van der Waals surface area contributed by atoms with Crippen molar-refractivity contribution in [1.29, 1.82) is 0 Å². The maximum Gasteiger partial charge on any atom is 0.154 e. The fourth-order valence-corrected chi connectivity index (χ4v) is 4.17. The Hall–Kier alpha value is -1.27. The Morgan fingerprint density at radius 2 is 2.15 bits per heavy atom. The van der Waals surface area contributed by atoms with Crippen LogP contribution in [0, 0.1) is 0 Å². The molecule has 0 amide bonds. The average molecular weight is 298 g/mol. The zero-order valence-electron chi connectivity index (χ0n) is 12.1. The summed E-state index contributed by atoms with van der Waals surface area (Å²) < 4.78 is 23.2. The minimum absolute atomic E-state index is 0.0688. The predicted molar refractivity (Wildman–Crippen MR) is 81.0 cm³/mol. The molecule has 0 aliphatic carbocycles. The second-order valence-corrected chi connectivity index (χ2v) is 7.64. The largest absolute Gasteiger partial charge is 0.508 e. The molecule has 0 radical (unpaired) electrons. The van der Waals surface area contributed by atoms with Crippen LogP contribution < -0.4 is 10.2 Å². The standard InChI is InChI=1S/C14H22N2O3S/c1-10-9-20(18,19)7-6-16(10)12-4-5-13(11(2)15-3)14(17)8-12/h4-5,8,10-11,15,17H,6-7,9H2,1-3H3. The van der Waals surface area contributed by atoms with Crippen molar-refractivity contribution in [2.45, 2.75) is 25.9 Å². The van der Waals surface area contributed by atoms with Crippen molar-refractivity contribution >= 4 is 15.5 Å². The molecule has 1 aliphatic heterocycles. The Bertz CT molecular complexity index is 586. The maximum atomic E-state index is 11.6. The third-order valence-electron chi connectivity index (χ3n) is 3.92. The van der Waals surface area contributed by atoms with E-state index in [1.165, 1.54) is 0 Å². The van der Waals surface area contributed by atoms with Gasteiger partial charge in [0.05, 0.1) is 11.5 Å². The maximum absolute atomic E-state index is 11.6. The summed E-state index contributed by atoms with van der Waals surface area (Å²) in [5.74, 6) is 0.583. The van der Waals surface area contributed by atoms with Gasteiger partial charge in [0.2, 0.25) is 0 Å². The van der Waals surface area contributed by atoms with Gasteiger partial charge in [-0.25, -0.2) is 8.42 Å². The van der Waals surface area contributed by atoms with Gasteiger partial charge in [-0.15, -0.1) is 0 Å². The minimum atomic E-state index is -2.92. The van der Waals surface area contributed by atoms with Gasteiger partial charge in [0.25, 0.3) is 0 Å². The van der Waals surface area contributed by atoms with Crippen LogP contribution in [-0.4, -0.2) is 44.7 Å². The van der Waals surface area contributed by atoms with Crippen molar-refractivity contribution in [1.82, 2.24) is 5.32 Å². The van der Waals surface area contributed by atoms with Crippen LogP contribution in [0.15, 0.2) is 18.2 Å². The number of nitrogens with one attached hydrogen (secondary N) is 1. The first kappa shape index (κ1) is 15.1. The van der Waals surface area contributed by atoms with Gasteiger partial charge in [-0.1, -0.05) is 6.07 Å². The molecule has 2 unspecified atom stereocenters. The molecule has 1 heterocycles. The monoisotopic (exact) mass is 298 g/mol. The van der Waals surface area contributed by atoms with E-state index in [-0.39, 0.29) is 29.3 Å². The molecule has 2 N–H and O–H groups in total. The number of hydrogen-bond acceptors (Lipinski definition) is 5. The van der Waals surface area contributed by atoms with Crippen molar-refractivity contribution in [3.63, 3.8) is 0 Å². The number of nitrogens with zero attached hydrogens (tertiary/aromatic N) is 1. The first-order valence-corrected chi connectivity index (χ1v) is 8.63. The van der Waals surface area contributed by atoms with Gasteiger partial charge in [-0.2, -0.15) is 0 Å². The zero-order valence-corrected chi connectivity index (χ0v) is 12.9. The number of benzene rings is 1. The Morgan fingerprint density at radius 3 is 2.70 bits per heavy atom. The lowest BCUT2D eigenvalue weighted by atomic mass is 10.1. The molecule has 0 saturated carbocycles. The fraction of sp³-hybridized carbons (Fsp3) is 0.571. The SMILES string of the molecule is CNC(C)c1ccc(N2CCS(=O)(=O)CC2C)cc1O. The molecule has 1 fully saturated rings. The molecular formula is C14H22N2O3S. The average Bonchev–Trinajstić information content (AvgIpc) is 2.36. The van der Waals surface area contributed by atoms with E-state index >= 15 is 0 Å². The van der Waals surface area contributed by atoms with Crippen LogP contribution in [0.1, 0.15) is 25.5 Å². The molecule has 20 heavy (non-hydrogen) atoms. The molecule has 0 aromatic heterocycles. The van der Waals surface area contributed by atoms with Crippen LogP contribution in [0.5, 0.6) is 5.75 Å². The van der Waals surface area contributed by atoms with Gasteiger partial charge >= 0.3 is 0 Å². The van der Waals surface area contributed by atoms with E-state index in [1.54, 1.807) is 6.07 Å². The molecule has 1 aromatic rings. The highest BCUT2D eigenvalue weighted by molar-refractivity contribution is 7.91. The molecule has 1 aromatic carbocycles. The van der Waals surface area contributed by atoms with Crippen LogP contribution in [0.4, 0.5) is 5.69 Å². The van der Waals surface area contributed by atoms with Crippen LogP contribution >= 0.6 is 0 Å². The highest BCUT2D eigenvalue weighted by atomic mass is 32.2. The topological polar surface area (TPSA) is 69.6 Å². The van der Waals surface area contributed by atoms with Crippen LogP contribution in [0.3, 0.4) is 0 Å². The molecule has 2 atom stereocenters. The minimum Gasteiger partial charge on any atom is -0.508 e. The third-order valence-corrected chi connectivity index (χ3v) is 5.71. The number of hydrogen-bond donors (Lipinski definition) is 2. The summed E-state index contributed by atoms with van der Waals surface area (Å²) in [5.41, 5.74) is 1.71. The van der Waals surface area contributed by atoms with E-state index in [0.717, 1.165) is 11.3 Å². The van der Waals surface area contributed by atoms with E-state index in [4.69, 9.17) is 0 Å². The van der Waals surface area contributed by atoms with E-state index < -0.39 is 9.84 Å². The van der Waals surface area contributed by atoms with Crippen molar-refractivity contribution < 1.29 is 13.5 Å².